The molecule has 0 bridgehead atoms. The Kier molecular flexibility index (Phi) is 7.14. The molecule has 0 radical (unpaired) electrons. The van der Waals surface area contributed by atoms with Crippen molar-refractivity contribution in [3.05, 3.63) is 0 Å². The Bertz CT molecular complexity index is 89.2. The van der Waals surface area contributed by atoms with Crippen LogP contribution in [0.15, 0.2) is 0 Å². The van der Waals surface area contributed by atoms with Crippen LogP contribution < -0.4 is 0 Å². The molecule has 2 aliphatic rings. The maximum Gasteiger partial charge on any atom is -0.0386 e. The topological polar surface area (TPSA) is 0 Å². The van der Waals surface area contributed by atoms with Crippen LogP contribution in [0, 0.1) is 11.8 Å². The van der Waals surface area contributed by atoms with Gasteiger partial charge in [-0.2, -0.15) is 9.90 Å². The molecule has 74 valence electrons. The average Bonchev–Trinajstić information content (AvgIpc) is 2.55. The quantitative estimate of drug-likeness (QED) is 0.503. The van der Waals surface area contributed by atoms with Crippen molar-refractivity contribution in [3.8, 4) is 0 Å². The van der Waals surface area contributed by atoms with Gasteiger partial charge in [0, 0.05) is 0 Å². The van der Waals surface area contributed by atoms with Crippen LogP contribution in [0.1, 0.15) is 58.8 Å². The molecule has 0 saturated heterocycles. The Labute approximate surface area is 81.1 Å². The lowest BCUT2D eigenvalue weighted by atomic mass is 9.82. The maximum absolute atomic E-state index is 2.00. The van der Waals surface area contributed by atoms with E-state index in [1.807, 2.05) is 13.8 Å². The Morgan fingerprint density at radius 2 is 1.00 bits per heavy atom. The second-order valence-electron chi connectivity index (χ2n) is 3.74. The number of hydrogen-bond acceptors (Lipinski definition) is 0. The molecule has 0 spiro atoms. The van der Waals surface area contributed by atoms with Crippen molar-refractivity contribution in [1.29, 1.82) is 0 Å². The third-order valence-corrected chi connectivity index (χ3v) is 3.22. The molecule has 0 aromatic heterocycles. The van der Waals surface area contributed by atoms with Gasteiger partial charge in [0.05, 0.1) is 0 Å². The molecule has 0 heterocycles. The van der Waals surface area contributed by atoms with Gasteiger partial charge in [0.15, 0.2) is 0 Å². The van der Waals surface area contributed by atoms with Gasteiger partial charge in [0.25, 0.3) is 0 Å². The third kappa shape index (κ3) is 3.05. The fraction of sp³-hybridized carbons (Fsp3) is 1.00. The van der Waals surface area contributed by atoms with Gasteiger partial charge < -0.3 is 0 Å². The monoisotopic (exact) mass is 188 g/mol. The molecule has 1 heteroatoms. The molecular weight excluding hydrogens is 163 g/mol. The number of rotatable bonds is 0. The summed E-state index contributed by atoms with van der Waals surface area (Å²) in [6.07, 6.45) is 10.8. The van der Waals surface area contributed by atoms with Crippen LogP contribution in [-0.4, -0.2) is 0 Å². The van der Waals surface area contributed by atoms with Gasteiger partial charge in [-0.25, -0.2) is 0 Å². The van der Waals surface area contributed by atoms with Crippen LogP contribution in [-0.2, 0) is 0 Å². The molecule has 0 N–H and O–H groups in total. The Balaban J connectivity index is 0.000000378. The molecule has 12 heavy (non-hydrogen) atoms. The van der Waals surface area contributed by atoms with E-state index in [0.717, 1.165) is 0 Å². The summed E-state index contributed by atoms with van der Waals surface area (Å²) in [6, 6.07) is 0. The van der Waals surface area contributed by atoms with Gasteiger partial charge in [0.2, 0.25) is 0 Å². The Morgan fingerprint density at radius 3 is 1.42 bits per heavy atom. The second kappa shape index (κ2) is 6.89. The first-order valence-corrected chi connectivity index (χ1v) is 5.47. The lowest BCUT2D eigenvalue weighted by Crippen LogP contribution is -2.12. The highest BCUT2D eigenvalue weighted by molar-refractivity contribution is 6.92. The van der Waals surface area contributed by atoms with E-state index in [0.29, 0.717) is 0 Å². The lowest BCUT2D eigenvalue weighted by Gasteiger charge is -2.24. The van der Waals surface area contributed by atoms with Crippen molar-refractivity contribution in [2.75, 3.05) is 0 Å². The zero-order valence-corrected chi connectivity index (χ0v) is 10.2. The minimum atomic E-state index is 0. The second-order valence-corrected chi connectivity index (χ2v) is 3.74. The van der Waals surface area contributed by atoms with E-state index in [4.69, 9.17) is 0 Å². The molecule has 2 fully saturated rings. The van der Waals surface area contributed by atoms with Crippen LogP contribution in [0.5, 0.6) is 0 Å². The van der Waals surface area contributed by atoms with Gasteiger partial charge >= 0.3 is 0 Å². The molecule has 0 amide bonds. The molecule has 0 aromatic carbocycles. The number of hydrogen-bond donors (Lipinski definition) is 0. The minimum Gasteiger partial charge on any atom is -0.153 e. The molecule has 3 atom stereocenters. The molecule has 2 aliphatic carbocycles. The lowest BCUT2D eigenvalue weighted by molar-refractivity contribution is 0.277. The molecule has 0 aliphatic heterocycles. The van der Waals surface area contributed by atoms with Gasteiger partial charge in [0.1, 0.15) is 0 Å². The van der Waals surface area contributed by atoms with Crippen molar-refractivity contribution < 1.29 is 0 Å². The van der Waals surface area contributed by atoms with Crippen molar-refractivity contribution in [3.63, 3.8) is 0 Å². The minimum absolute atomic E-state index is 0. The zero-order valence-electron chi connectivity index (χ0n) is 8.81. The van der Waals surface area contributed by atoms with E-state index in [-0.39, 0.29) is 9.90 Å². The molecule has 0 aromatic rings. The summed E-state index contributed by atoms with van der Waals surface area (Å²) in [5.41, 5.74) is 0. The predicted octanol–water partition coefficient (Wildman–Crippen LogP) is 4.06. The highest BCUT2D eigenvalue weighted by Gasteiger charge is 2.28. The molecule has 0 nitrogen and oxygen atoms in total. The molecule has 2 rings (SSSR count). The smallest absolute Gasteiger partial charge is 0.0386 e. The van der Waals surface area contributed by atoms with Crippen molar-refractivity contribution in [1.82, 2.24) is 0 Å². The molecule has 3 unspecified atom stereocenters. The Morgan fingerprint density at radius 1 is 0.667 bits per heavy atom. The van der Waals surface area contributed by atoms with Crippen LogP contribution in [0.3, 0.4) is 0 Å². The van der Waals surface area contributed by atoms with Crippen LogP contribution in [0.25, 0.3) is 0 Å². The molecular formula is C11H25P. The normalized spacial score (nSPS) is 32.5. The van der Waals surface area contributed by atoms with Gasteiger partial charge in [-0.1, -0.05) is 58.8 Å². The average molecular weight is 188 g/mol. The zero-order chi connectivity index (χ0) is 8.10. The fourth-order valence-corrected chi connectivity index (χ4v) is 2.69. The summed E-state index contributed by atoms with van der Waals surface area (Å²) in [5.74, 6) is 2.33. The summed E-state index contributed by atoms with van der Waals surface area (Å²) >= 11 is 0. The van der Waals surface area contributed by atoms with E-state index >= 15 is 0 Å². The molecule has 2 saturated carbocycles. The van der Waals surface area contributed by atoms with Crippen LogP contribution in [0.4, 0.5) is 0 Å². The van der Waals surface area contributed by atoms with E-state index in [1.165, 1.54) is 31.1 Å². The summed E-state index contributed by atoms with van der Waals surface area (Å²) in [6.45, 7) is 4.00. The summed E-state index contributed by atoms with van der Waals surface area (Å²) in [4.78, 5) is 0. The summed E-state index contributed by atoms with van der Waals surface area (Å²) in [5, 5.41) is 0. The maximum atomic E-state index is 2.00. The first-order chi connectivity index (χ1) is 5.47. The third-order valence-electron chi connectivity index (χ3n) is 3.22. The Hall–Kier alpha value is 0.430. The van der Waals surface area contributed by atoms with Crippen molar-refractivity contribution >= 4 is 9.90 Å². The summed E-state index contributed by atoms with van der Waals surface area (Å²) in [7, 11) is 0. The van der Waals surface area contributed by atoms with Crippen molar-refractivity contribution in [2.45, 2.75) is 58.8 Å². The van der Waals surface area contributed by atoms with E-state index in [9.17, 15) is 0 Å². The standard InChI is InChI=1S/C9H16.C2H6.H3P/c1-2-5-9-7-3-6-8(9)4-1;1-2;/h8-9H,1-7H2;1-2H3;1H3. The van der Waals surface area contributed by atoms with Gasteiger partial charge in [-0.05, 0) is 11.8 Å². The van der Waals surface area contributed by atoms with E-state index < -0.39 is 0 Å². The number of fused-ring (bicyclic) bond motifs is 1. The van der Waals surface area contributed by atoms with Crippen LogP contribution in [0.2, 0.25) is 0 Å². The predicted molar refractivity (Wildman–Crippen MR) is 61.8 cm³/mol. The highest BCUT2D eigenvalue weighted by Crippen LogP contribution is 2.41. The first-order valence-electron chi connectivity index (χ1n) is 5.47. The van der Waals surface area contributed by atoms with Gasteiger partial charge in [-0.15, -0.1) is 0 Å². The highest BCUT2D eigenvalue weighted by atomic mass is 31.0. The first kappa shape index (κ1) is 12.4. The van der Waals surface area contributed by atoms with Crippen LogP contribution >= 0.6 is 9.90 Å². The van der Waals surface area contributed by atoms with E-state index in [1.54, 1.807) is 25.7 Å². The van der Waals surface area contributed by atoms with Crippen molar-refractivity contribution in [2.24, 2.45) is 11.8 Å². The fourth-order valence-electron chi connectivity index (χ4n) is 2.69. The largest absolute Gasteiger partial charge is 0.153 e. The summed E-state index contributed by atoms with van der Waals surface area (Å²) < 4.78 is 0. The van der Waals surface area contributed by atoms with Gasteiger partial charge in [-0.3, -0.25) is 0 Å². The SMILES string of the molecule is C1CCC2CCCC2C1.CC.P. The van der Waals surface area contributed by atoms with E-state index in [2.05, 4.69) is 0 Å².